The normalized spacial score (nSPS) is 10.2. The minimum atomic E-state index is -0.287. The smallest absolute Gasteiger partial charge is 0.217 e. The largest absolute Gasteiger partial charge is 0.370 e. The zero-order chi connectivity index (χ0) is 12.8. The second-order valence-electron chi connectivity index (χ2n) is 3.82. The molecule has 0 fully saturated rings. The molecule has 2 heterocycles. The van der Waals surface area contributed by atoms with Crippen LogP contribution in [-0.2, 0) is 11.3 Å². The highest BCUT2D eigenvalue weighted by molar-refractivity contribution is 5.73. The number of hydrogen-bond acceptors (Lipinski definition) is 4. The van der Waals surface area contributed by atoms with Crippen molar-refractivity contribution in [3.05, 3.63) is 36.9 Å². The first-order chi connectivity index (χ1) is 8.75. The molecule has 0 atom stereocenters. The van der Waals surface area contributed by atoms with Crippen molar-refractivity contribution in [2.45, 2.75) is 19.4 Å². The van der Waals surface area contributed by atoms with Gasteiger partial charge in [0.1, 0.15) is 6.20 Å². The summed E-state index contributed by atoms with van der Waals surface area (Å²) in [4.78, 5) is 18.9. The van der Waals surface area contributed by atoms with Crippen LogP contribution in [0.3, 0.4) is 0 Å². The van der Waals surface area contributed by atoms with Crippen LogP contribution >= 0.6 is 0 Å². The zero-order valence-electron chi connectivity index (χ0n) is 9.86. The van der Waals surface area contributed by atoms with E-state index in [2.05, 4.69) is 15.1 Å². The molecule has 0 saturated carbocycles. The highest BCUT2D eigenvalue weighted by Crippen LogP contribution is 2.09. The molecule has 0 aliphatic carbocycles. The molecule has 0 unspecified atom stereocenters. The summed E-state index contributed by atoms with van der Waals surface area (Å²) in [5.41, 5.74) is 5.93. The van der Waals surface area contributed by atoms with E-state index < -0.39 is 0 Å². The van der Waals surface area contributed by atoms with Crippen molar-refractivity contribution in [3.63, 3.8) is 0 Å². The summed E-state index contributed by atoms with van der Waals surface area (Å²) >= 11 is 0. The van der Waals surface area contributed by atoms with E-state index in [9.17, 15) is 4.79 Å². The van der Waals surface area contributed by atoms with Crippen LogP contribution in [0, 0.1) is 0 Å². The molecule has 1 amide bonds. The Hall–Kier alpha value is -2.37. The number of rotatable bonds is 5. The number of hydrogen-bond donors (Lipinski definition) is 1. The van der Waals surface area contributed by atoms with Crippen LogP contribution in [0.2, 0.25) is 0 Å². The molecule has 0 aromatic carbocycles. The first-order valence-electron chi connectivity index (χ1n) is 5.67. The second kappa shape index (κ2) is 5.81. The van der Waals surface area contributed by atoms with Crippen LogP contribution in [-0.4, -0.2) is 21.0 Å². The Bertz CT molecular complexity index is 512. The lowest BCUT2D eigenvalue weighted by Gasteiger charge is -1.97. The van der Waals surface area contributed by atoms with Crippen molar-refractivity contribution in [1.29, 1.82) is 0 Å². The third kappa shape index (κ3) is 3.31. The van der Waals surface area contributed by atoms with Crippen LogP contribution < -0.4 is 10.4 Å². The van der Waals surface area contributed by atoms with Crippen molar-refractivity contribution in [3.8, 4) is 11.4 Å². The van der Waals surface area contributed by atoms with Crippen LogP contribution in [0.25, 0.3) is 11.4 Å². The first kappa shape index (κ1) is 12.1. The van der Waals surface area contributed by atoms with Crippen molar-refractivity contribution >= 4 is 5.91 Å². The number of aromatic nitrogens is 4. The molecule has 2 aromatic rings. The molecular weight excluding hydrogens is 230 g/mol. The van der Waals surface area contributed by atoms with Gasteiger partial charge in [-0.05, 0) is 11.2 Å². The number of aryl methyl sites for hydroxylation is 1. The Labute approximate surface area is 105 Å². The molecule has 2 rings (SSSR count). The average molecular weight is 244 g/mol. The summed E-state index contributed by atoms with van der Waals surface area (Å²) in [5.74, 6) is 0.360. The van der Waals surface area contributed by atoms with E-state index in [0.717, 1.165) is 5.56 Å². The molecule has 6 nitrogen and oxygen atoms in total. The minimum absolute atomic E-state index is 0.287. The van der Waals surface area contributed by atoms with Gasteiger partial charge in [-0.25, -0.2) is 9.97 Å². The van der Waals surface area contributed by atoms with Crippen molar-refractivity contribution < 1.29 is 9.48 Å². The van der Waals surface area contributed by atoms with Gasteiger partial charge >= 0.3 is 0 Å². The van der Waals surface area contributed by atoms with Gasteiger partial charge in [0, 0.05) is 36.9 Å². The molecule has 0 aliphatic heterocycles. The third-order valence-electron chi connectivity index (χ3n) is 2.41. The molecule has 0 spiro atoms. The van der Waals surface area contributed by atoms with Gasteiger partial charge in [-0.3, -0.25) is 4.79 Å². The van der Waals surface area contributed by atoms with Crippen molar-refractivity contribution in [2.75, 3.05) is 0 Å². The predicted molar refractivity (Wildman–Crippen MR) is 63.9 cm³/mol. The van der Waals surface area contributed by atoms with Crippen LogP contribution in [0.15, 0.2) is 36.9 Å². The Morgan fingerprint density at radius 3 is 2.72 bits per heavy atom. The van der Waals surface area contributed by atoms with Gasteiger partial charge in [-0.1, -0.05) is 4.68 Å². The number of carbonyl (C=O) groups excluding carboxylic acids is 1. The van der Waals surface area contributed by atoms with E-state index in [4.69, 9.17) is 5.73 Å². The lowest BCUT2D eigenvalue weighted by Crippen LogP contribution is -2.37. The van der Waals surface area contributed by atoms with Crippen molar-refractivity contribution in [2.24, 2.45) is 5.73 Å². The van der Waals surface area contributed by atoms with E-state index in [1.54, 1.807) is 29.3 Å². The van der Waals surface area contributed by atoms with E-state index in [0.29, 0.717) is 25.2 Å². The molecule has 0 aliphatic rings. The predicted octanol–water partition coefficient (Wildman–Crippen LogP) is 0.0916. The van der Waals surface area contributed by atoms with Gasteiger partial charge < -0.3 is 5.73 Å². The number of nitrogens with zero attached hydrogens (tertiary/aromatic N) is 4. The lowest BCUT2D eigenvalue weighted by molar-refractivity contribution is -0.754. The molecule has 0 saturated heterocycles. The van der Waals surface area contributed by atoms with E-state index in [-0.39, 0.29) is 5.91 Å². The highest BCUT2D eigenvalue weighted by atomic mass is 16.1. The third-order valence-corrected chi connectivity index (χ3v) is 2.41. The lowest BCUT2D eigenvalue weighted by atomic mass is 10.3. The highest BCUT2D eigenvalue weighted by Gasteiger charge is 2.06. The van der Waals surface area contributed by atoms with Crippen molar-refractivity contribution in [1.82, 2.24) is 15.1 Å². The van der Waals surface area contributed by atoms with Gasteiger partial charge in [-0.15, -0.1) is 0 Å². The fourth-order valence-electron chi connectivity index (χ4n) is 1.51. The maximum Gasteiger partial charge on any atom is 0.217 e. The fraction of sp³-hybridized carbons (Fsp3) is 0.250. The summed E-state index contributed by atoms with van der Waals surface area (Å²) in [7, 11) is 0. The Morgan fingerprint density at radius 1 is 1.33 bits per heavy atom. The molecule has 6 heteroatoms. The van der Waals surface area contributed by atoms with Gasteiger partial charge in [0.2, 0.25) is 5.91 Å². The SMILES string of the molecule is NC(=O)CCC[n+]1ccc(-c2ncccn2)cn1. The second-order valence-corrected chi connectivity index (χ2v) is 3.82. The number of carbonyl (C=O) groups is 1. The fourth-order valence-corrected chi connectivity index (χ4v) is 1.51. The topological polar surface area (TPSA) is 85.6 Å². The molecule has 2 aromatic heterocycles. The van der Waals surface area contributed by atoms with E-state index >= 15 is 0 Å². The summed E-state index contributed by atoms with van der Waals surface area (Å²) in [5, 5.41) is 4.24. The molecule has 92 valence electrons. The molecule has 18 heavy (non-hydrogen) atoms. The average Bonchev–Trinajstić information content (AvgIpc) is 2.40. The Kier molecular flexibility index (Phi) is 3.90. The van der Waals surface area contributed by atoms with Gasteiger partial charge in [0.25, 0.3) is 0 Å². The Morgan fingerprint density at radius 2 is 2.11 bits per heavy atom. The number of amides is 1. The quantitative estimate of drug-likeness (QED) is 0.755. The summed E-state index contributed by atoms with van der Waals surface area (Å²) in [6, 6.07) is 3.66. The summed E-state index contributed by atoms with van der Waals surface area (Å²) in [6.07, 6.45) is 7.99. The minimum Gasteiger partial charge on any atom is -0.370 e. The number of primary amides is 1. The molecular formula is C12H14N5O+. The van der Waals surface area contributed by atoms with Crippen LogP contribution in [0.5, 0.6) is 0 Å². The van der Waals surface area contributed by atoms with Crippen LogP contribution in [0.4, 0.5) is 0 Å². The monoisotopic (exact) mass is 244 g/mol. The summed E-state index contributed by atoms with van der Waals surface area (Å²) < 4.78 is 1.76. The van der Waals surface area contributed by atoms with Gasteiger partial charge in [-0.2, -0.15) is 0 Å². The molecule has 0 radical (unpaired) electrons. The first-order valence-corrected chi connectivity index (χ1v) is 5.67. The van der Waals surface area contributed by atoms with Gasteiger partial charge in [0.15, 0.2) is 18.6 Å². The summed E-state index contributed by atoms with van der Waals surface area (Å²) in [6.45, 7) is 0.666. The van der Waals surface area contributed by atoms with E-state index in [1.807, 2.05) is 12.3 Å². The van der Waals surface area contributed by atoms with Crippen LogP contribution in [0.1, 0.15) is 12.8 Å². The Balaban J connectivity index is 2.00. The van der Waals surface area contributed by atoms with E-state index in [1.165, 1.54) is 0 Å². The maximum atomic E-state index is 10.6. The molecule has 2 N–H and O–H groups in total. The molecule has 0 bridgehead atoms. The maximum absolute atomic E-state index is 10.6. The standard InChI is InChI=1S/C12H13N5O/c13-11(18)3-1-7-17-8-4-10(9-16-17)12-14-5-2-6-15-12/h2,4-6,8-9H,1,3,7H2,(H-,13,18)/p+1. The van der Waals surface area contributed by atoms with Gasteiger partial charge in [0.05, 0.1) is 0 Å². The zero-order valence-corrected chi connectivity index (χ0v) is 9.86. The number of nitrogens with two attached hydrogens (primary N) is 1.